The number of hydrogen-bond acceptors (Lipinski definition) is 6. The van der Waals surface area contributed by atoms with Gasteiger partial charge in [-0.3, -0.25) is 9.69 Å². The van der Waals surface area contributed by atoms with Crippen LogP contribution in [0.5, 0.6) is 5.75 Å². The van der Waals surface area contributed by atoms with Gasteiger partial charge in [0.15, 0.2) is 5.82 Å². The highest BCUT2D eigenvalue weighted by molar-refractivity contribution is 5.80. The van der Waals surface area contributed by atoms with Crippen LogP contribution in [-0.4, -0.2) is 50.3 Å². The molecular formula is C24H32N6O2. The average molecular weight is 437 g/mol. The van der Waals surface area contributed by atoms with E-state index in [9.17, 15) is 4.79 Å². The van der Waals surface area contributed by atoms with E-state index in [2.05, 4.69) is 32.3 Å². The summed E-state index contributed by atoms with van der Waals surface area (Å²) in [4.78, 5) is 18.9. The Hall–Kier alpha value is -2.74. The van der Waals surface area contributed by atoms with Gasteiger partial charge in [-0.05, 0) is 72.2 Å². The van der Waals surface area contributed by atoms with Crippen LogP contribution in [-0.2, 0) is 0 Å². The van der Waals surface area contributed by atoms with E-state index in [4.69, 9.17) is 4.74 Å². The molecule has 1 aromatic carbocycles. The molecule has 2 aromatic heterocycles. The van der Waals surface area contributed by atoms with E-state index >= 15 is 0 Å². The number of nitrogens with one attached hydrogen (secondary N) is 1. The van der Waals surface area contributed by atoms with E-state index in [1.165, 1.54) is 25.7 Å². The zero-order valence-corrected chi connectivity index (χ0v) is 19.0. The summed E-state index contributed by atoms with van der Waals surface area (Å²) in [6.45, 7) is 4.15. The fourth-order valence-electron chi connectivity index (χ4n) is 5.45. The van der Waals surface area contributed by atoms with Gasteiger partial charge in [0, 0.05) is 18.2 Å². The van der Waals surface area contributed by atoms with E-state index in [0.717, 1.165) is 54.8 Å². The van der Waals surface area contributed by atoms with Gasteiger partial charge in [0.2, 0.25) is 0 Å². The Labute approximate surface area is 188 Å². The molecule has 3 aromatic rings. The highest BCUT2D eigenvalue weighted by Crippen LogP contribution is 2.35. The van der Waals surface area contributed by atoms with Gasteiger partial charge >= 0.3 is 0 Å². The number of pyridine rings is 1. The molecule has 3 heterocycles. The minimum atomic E-state index is -0.259. The van der Waals surface area contributed by atoms with Gasteiger partial charge in [0.05, 0.1) is 18.7 Å². The summed E-state index contributed by atoms with van der Waals surface area (Å²) < 4.78 is 7.34. The molecule has 1 saturated carbocycles. The lowest BCUT2D eigenvalue weighted by molar-refractivity contribution is 0.138. The van der Waals surface area contributed by atoms with Crippen LogP contribution in [0, 0.1) is 5.92 Å². The first-order valence-electron chi connectivity index (χ1n) is 11.9. The number of aromatic nitrogens is 5. The van der Waals surface area contributed by atoms with Crippen molar-refractivity contribution in [1.29, 1.82) is 0 Å². The smallest absolute Gasteiger partial charge is 0.253 e. The number of H-pyrrole nitrogens is 1. The van der Waals surface area contributed by atoms with Gasteiger partial charge in [-0.15, -0.1) is 5.10 Å². The Morgan fingerprint density at radius 3 is 2.75 bits per heavy atom. The van der Waals surface area contributed by atoms with Crippen LogP contribution in [0.15, 0.2) is 29.1 Å². The first kappa shape index (κ1) is 21.1. The van der Waals surface area contributed by atoms with Gasteiger partial charge in [0.1, 0.15) is 11.8 Å². The van der Waals surface area contributed by atoms with Crippen molar-refractivity contribution < 1.29 is 4.74 Å². The van der Waals surface area contributed by atoms with Crippen LogP contribution in [0.25, 0.3) is 10.9 Å². The molecule has 170 valence electrons. The number of methoxy groups -OCH3 is 1. The standard InChI is InChI=1S/C24H32N6O2/c1-16-7-6-12-29(15-16)22(23-26-27-28-30(23)18-8-4-3-5-9-18)20-13-17-10-11-19(32-2)14-21(17)25-24(20)31/h10-11,13-14,16,18,22H,3-9,12,15H2,1-2H3,(H,25,31). The van der Waals surface area contributed by atoms with Crippen molar-refractivity contribution >= 4 is 10.9 Å². The second-order valence-electron chi connectivity index (χ2n) is 9.43. The van der Waals surface area contributed by atoms with Gasteiger partial charge < -0.3 is 9.72 Å². The molecule has 2 fully saturated rings. The van der Waals surface area contributed by atoms with Crippen molar-refractivity contribution in [3.8, 4) is 5.75 Å². The van der Waals surface area contributed by atoms with E-state index in [0.29, 0.717) is 17.5 Å². The number of hydrogen-bond donors (Lipinski definition) is 1. The Morgan fingerprint density at radius 2 is 1.97 bits per heavy atom. The predicted octanol–water partition coefficient (Wildman–Crippen LogP) is 3.85. The quantitative estimate of drug-likeness (QED) is 0.654. The molecule has 5 rings (SSSR count). The lowest BCUT2D eigenvalue weighted by atomic mass is 9.93. The first-order valence-corrected chi connectivity index (χ1v) is 11.9. The zero-order valence-electron chi connectivity index (χ0n) is 19.0. The minimum absolute atomic E-state index is 0.0906. The third-order valence-corrected chi connectivity index (χ3v) is 7.11. The van der Waals surface area contributed by atoms with Crippen LogP contribution in [0.2, 0.25) is 0 Å². The molecule has 2 aliphatic rings. The third-order valence-electron chi connectivity index (χ3n) is 7.11. The molecule has 0 amide bonds. The summed E-state index contributed by atoms with van der Waals surface area (Å²) >= 11 is 0. The SMILES string of the molecule is COc1ccc2cc(C(c3nnnn3C3CCCCC3)N3CCCC(C)C3)c(=O)[nH]c2c1. The molecule has 1 N–H and O–H groups in total. The number of fused-ring (bicyclic) bond motifs is 1. The second-order valence-corrected chi connectivity index (χ2v) is 9.43. The maximum Gasteiger partial charge on any atom is 0.253 e. The molecule has 8 nitrogen and oxygen atoms in total. The Kier molecular flexibility index (Phi) is 5.95. The molecule has 0 spiro atoms. The number of piperidine rings is 1. The maximum atomic E-state index is 13.4. The lowest BCUT2D eigenvalue weighted by Gasteiger charge is -2.37. The number of ether oxygens (including phenoxy) is 1. The van der Waals surface area contributed by atoms with E-state index in [1.807, 2.05) is 28.9 Å². The summed E-state index contributed by atoms with van der Waals surface area (Å²) in [6, 6.07) is 7.84. The van der Waals surface area contributed by atoms with Crippen molar-refractivity contribution in [2.45, 2.75) is 64.0 Å². The highest BCUT2D eigenvalue weighted by atomic mass is 16.5. The summed E-state index contributed by atoms with van der Waals surface area (Å²) in [5.41, 5.74) is 1.39. The fourth-order valence-corrected chi connectivity index (χ4v) is 5.45. The zero-order chi connectivity index (χ0) is 22.1. The number of nitrogens with zero attached hydrogens (tertiary/aromatic N) is 5. The van der Waals surface area contributed by atoms with Crippen LogP contribution in [0.1, 0.15) is 75.3 Å². The fraction of sp³-hybridized carbons (Fsp3) is 0.583. The third kappa shape index (κ3) is 4.03. The van der Waals surface area contributed by atoms with E-state index in [1.54, 1.807) is 7.11 Å². The number of rotatable bonds is 5. The molecule has 1 aliphatic carbocycles. The molecule has 2 atom stereocenters. The largest absolute Gasteiger partial charge is 0.497 e. The molecule has 0 radical (unpaired) electrons. The highest BCUT2D eigenvalue weighted by Gasteiger charge is 2.34. The Balaban J connectivity index is 1.62. The van der Waals surface area contributed by atoms with Crippen molar-refractivity contribution in [3.63, 3.8) is 0 Å². The van der Waals surface area contributed by atoms with E-state index < -0.39 is 0 Å². The number of likely N-dealkylation sites (tertiary alicyclic amines) is 1. The van der Waals surface area contributed by atoms with Crippen molar-refractivity contribution in [2.75, 3.05) is 20.2 Å². The molecule has 2 unspecified atom stereocenters. The minimum Gasteiger partial charge on any atom is -0.497 e. The predicted molar refractivity (Wildman–Crippen MR) is 123 cm³/mol. The van der Waals surface area contributed by atoms with Gasteiger partial charge in [-0.25, -0.2) is 4.68 Å². The summed E-state index contributed by atoms with van der Waals surface area (Å²) in [5.74, 6) is 2.10. The lowest BCUT2D eigenvalue weighted by Crippen LogP contribution is -2.41. The monoisotopic (exact) mass is 436 g/mol. The second kappa shape index (κ2) is 9.02. The molecule has 32 heavy (non-hydrogen) atoms. The van der Waals surface area contributed by atoms with Crippen LogP contribution >= 0.6 is 0 Å². The van der Waals surface area contributed by atoms with Crippen molar-refractivity contribution in [1.82, 2.24) is 30.1 Å². The van der Waals surface area contributed by atoms with Crippen molar-refractivity contribution in [2.24, 2.45) is 5.92 Å². The number of aromatic amines is 1. The topological polar surface area (TPSA) is 88.9 Å². The van der Waals surface area contributed by atoms with Crippen LogP contribution in [0.3, 0.4) is 0 Å². The molecule has 1 aliphatic heterocycles. The van der Waals surface area contributed by atoms with Crippen molar-refractivity contribution in [3.05, 3.63) is 46.0 Å². The first-order chi connectivity index (χ1) is 15.6. The van der Waals surface area contributed by atoms with Gasteiger partial charge in [-0.1, -0.05) is 26.2 Å². The number of tetrazole rings is 1. The van der Waals surface area contributed by atoms with Gasteiger partial charge in [-0.2, -0.15) is 0 Å². The summed E-state index contributed by atoms with van der Waals surface area (Å²) in [5, 5.41) is 14.0. The van der Waals surface area contributed by atoms with Crippen LogP contribution < -0.4 is 10.3 Å². The molecular weight excluding hydrogens is 404 g/mol. The molecule has 1 saturated heterocycles. The number of benzene rings is 1. The molecule has 8 heteroatoms. The van der Waals surface area contributed by atoms with Crippen LogP contribution in [0.4, 0.5) is 0 Å². The van der Waals surface area contributed by atoms with E-state index in [-0.39, 0.29) is 11.6 Å². The van der Waals surface area contributed by atoms with Gasteiger partial charge in [0.25, 0.3) is 5.56 Å². The Morgan fingerprint density at radius 1 is 1.12 bits per heavy atom. The summed E-state index contributed by atoms with van der Waals surface area (Å²) in [7, 11) is 1.63. The maximum absolute atomic E-state index is 13.4. The summed E-state index contributed by atoms with van der Waals surface area (Å²) in [6.07, 6.45) is 8.19. The Bertz CT molecular complexity index is 1130. The normalized spacial score (nSPS) is 21.6. The molecule has 0 bridgehead atoms. The average Bonchev–Trinajstić information content (AvgIpc) is 3.29.